The molecule has 0 saturated heterocycles. The zero-order valence-electron chi connectivity index (χ0n) is 27.9. The molecule has 0 bridgehead atoms. The fourth-order valence-electron chi connectivity index (χ4n) is 8.78. The van der Waals surface area contributed by atoms with Gasteiger partial charge in [0.15, 0.2) is 0 Å². The third kappa shape index (κ3) is 3.60. The first-order valence-electron chi connectivity index (χ1n) is 17.7. The van der Waals surface area contributed by atoms with Gasteiger partial charge in [0, 0.05) is 43.4 Å². The number of benzene rings is 8. The van der Waals surface area contributed by atoms with Crippen LogP contribution in [0.3, 0.4) is 0 Å². The topological polar surface area (TPSA) is 36.1 Å². The van der Waals surface area contributed by atoms with Crippen LogP contribution in [0.15, 0.2) is 179 Å². The van der Waals surface area contributed by atoms with Gasteiger partial charge in [-0.1, -0.05) is 109 Å². The second-order valence-corrected chi connectivity index (χ2v) is 13.6. The lowest BCUT2D eigenvalue weighted by Crippen LogP contribution is -1.97. The maximum atomic E-state index is 6.88. The highest BCUT2D eigenvalue weighted by atomic mass is 16.3. The highest BCUT2D eigenvalue weighted by Crippen LogP contribution is 2.47. The zero-order valence-corrected chi connectivity index (χ0v) is 27.9. The Morgan fingerprint density at radius 1 is 0.288 bits per heavy atom. The van der Waals surface area contributed by atoms with Crippen molar-refractivity contribution in [2.75, 3.05) is 0 Å². The van der Waals surface area contributed by atoms with Gasteiger partial charge in [0.25, 0.3) is 0 Å². The third-order valence-electron chi connectivity index (χ3n) is 10.9. The summed E-state index contributed by atoms with van der Waals surface area (Å²) in [6.07, 6.45) is 0. The van der Waals surface area contributed by atoms with Gasteiger partial charge in [0.1, 0.15) is 22.3 Å². The van der Waals surface area contributed by atoms with Gasteiger partial charge in [-0.15, -0.1) is 0 Å². The molecule has 0 aliphatic carbocycles. The largest absolute Gasteiger partial charge is 0.455 e. The van der Waals surface area contributed by atoms with E-state index in [1.807, 2.05) is 12.1 Å². The van der Waals surface area contributed by atoms with Crippen molar-refractivity contribution < 1.29 is 8.83 Å². The highest BCUT2D eigenvalue weighted by molar-refractivity contribution is 6.21. The Hall–Kier alpha value is -7.04. The first kappa shape index (κ1) is 27.7. The summed E-state index contributed by atoms with van der Waals surface area (Å²) in [7, 11) is 0. The van der Waals surface area contributed by atoms with Crippen LogP contribution >= 0.6 is 0 Å². The number of furan rings is 2. The smallest absolute Gasteiger partial charge is 0.145 e. The van der Waals surface area contributed by atoms with E-state index < -0.39 is 0 Å². The molecule has 8 aromatic carbocycles. The minimum Gasteiger partial charge on any atom is -0.455 e. The number of aromatic nitrogens is 2. The maximum Gasteiger partial charge on any atom is 0.145 e. The molecular formula is C48H28N2O2. The molecule has 52 heavy (non-hydrogen) atoms. The predicted molar refractivity (Wildman–Crippen MR) is 215 cm³/mol. The van der Waals surface area contributed by atoms with Crippen LogP contribution in [0, 0.1) is 0 Å². The monoisotopic (exact) mass is 664 g/mol. The molecule has 0 spiro atoms. The van der Waals surface area contributed by atoms with Gasteiger partial charge in [-0.3, -0.25) is 0 Å². The summed E-state index contributed by atoms with van der Waals surface area (Å²) in [5.74, 6) is 0. The Balaban J connectivity index is 1.20. The lowest BCUT2D eigenvalue weighted by atomic mass is 9.97. The van der Waals surface area contributed by atoms with Gasteiger partial charge >= 0.3 is 0 Å². The van der Waals surface area contributed by atoms with Crippen molar-refractivity contribution in [3.63, 3.8) is 0 Å². The molecule has 0 unspecified atom stereocenters. The van der Waals surface area contributed by atoms with Crippen molar-refractivity contribution in [1.29, 1.82) is 0 Å². The van der Waals surface area contributed by atoms with Gasteiger partial charge in [-0.05, 0) is 60.7 Å². The van der Waals surface area contributed by atoms with Crippen LogP contribution in [0.2, 0.25) is 0 Å². The Labute approximate surface area is 296 Å². The molecule has 4 aromatic heterocycles. The standard InChI is InChI=1S/C48H28N2O2/c1-7-19-37-29(13-1)30-14-2-8-20-38(30)49(37)41-27-25-33(47-45(41)35-17-5-11-23-43(35)51-47)34-26-28-42(46-36-18-6-12-24-44(36)52-48(34)46)50-39-21-9-3-15-31(39)32-16-4-10-22-40(32)50/h1-28H. The van der Waals surface area contributed by atoms with E-state index in [-0.39, 0.29) is 0 Å². The Kier molecular flexibility index (Phi) is 5.47. The zero-order chi connectivity index (χ0) is 33.9. The Bertz CT molecular complexity index is 3090. The van der Waals surface area contributed by atoms with E-state index in [0.29, 0.717) is 0 Å². The lowest BCUT2D eigenvalue weighted by molar-refractivity contribution is 0.665. The van der Waals surface area contributed by atoms with Gasteiger partial charge in [-0.25, -0.2) is 0 Å². The number of nitrogens with zero attached hydrogens (tertiary/aromatic N) is 2. The molecule has 0 atom stereocenters. The van der Waals surface area contributed by atoms with Crippen LogP contribution < -0.4 is 0 Å². The van der Waals surface area contributed by atoms with E-state index in [4.69, 9.17) is 8.83 Å². The number of para-hydroxylation sites is 6. The molecule has 4 heterocycles. The summed E-state index contributed by atoms with van der Waals surface area (Å²) in [6, 6.07) is 60.3. The molecule has 0 aliphatic heterocycles. The van der Waals surface area contributed by atoms with Crippen LogP contribution in [0.1, 0.15) is 0 Å². The molecule has 0 N–H and O–H groups in total. The second-order valence-electron chi connectivity index (χ2n) is 13.6. The minimum atomic E-state index is 0.840. The summed E-state index contributed by atoms with van der Waals surface area (Å²) in [5, 5.41) is 9.24. The molecule has 12 rings (SSSR count). The highest BCUT2D eigenvalue weighted by Gasteiger charge is 2.25. The third-order valence-corrected chi connectivity index (χ3v) is 10.9. The molecule has 12 aromatic rings. The summed E-state index contributed by atoms with van der Waals surface area (Å²) in [4.78, 5) is 0. The number of fused-ring (bicyclic) bond motifs is 12. The fraction of sp³-hybridized carbons (Fsp3) is 0. The molecule has 0 aliphatic rings. The first-order chi connectivity index (χ1) is 25.8. The average molecular weight is 665 g/mol. The molecule has 4 heteroatoms. The summed E-state index contributed by atoms with van der Waals surface area (Å²) in [6.45, 7) is 0. The van der Waals surface area contributed by atoms with Crippen molar-refractivity contribution >= 4 is 87.5 Å². The van der Waals surface area contributed by atoms with Crippen LogP contribution in [0.4, 0.5) is 0 Å². The minimum absolute atomic E-state index is 0.840. The summed E-state index contributed by atoms with van der Waals surface area (Å²) < 4.78 is 18.5. The quantitative estimate of drug-likeness (QED) is 0.188. The van der Waals surface area contributed by atoms with Crippen LogP contribution in [0.25, 0.3) is 110 Å². The molecular weight excluding hydrogens is 637 g/mol. The van der Waals surface area contributed by atoms with E-state index >= 15 is 0 Å². The number of hydrogen-bond acceptors (Lipinski definition) is 2. The average Bonchev–Trinajstić information content (AvgIpc) is 3.96. The second kappa shape index (κ2) is 10.3. The molecule has 242 valence electrons. The van der Waals surface area contributed by atoms with Gasteiger partial charge < -0.3 is 18.0 Å². The molecule has 4 nitrogen and oxygen atoms in total. The fourth-order valence-corrected chi connectivity index (χ4v) is 8.78. The molecule has 0 radical (unpaired) electrons. The molecule has 0 fully saturated rings. The summed E-state index contributed by atoms with van der Waals surface area (Å²) in [5.41, 5.74) is 12.2. The number of rotatable bonds is 3. The van der Waals surface area contributed by atoms with Gasteiger partial charge in [-0.2, -0.15) is 0 Å². The molecule has 0 saturated carbocycles. The van der Waals surface area contributed by atoms with Gasteiger partial charge in [0.2, 0.25) is 0 Å². The van der Waals surface area contributed by atoms with Crippen molar-refractivity contribution in [1.82, 2.24) is 9.13 Å². The lowest BCUT2D eigenvalue weighted by Gasteiger charge is -2.14. The van der Waals surface area contributed by atoms with Gasteiger partial charge in [0.05, 0.1) is 44.2 Å². The van der Waals surface area contributed by atoms with E-state index in [0.717, 1.165) is 66.4 Å². The SMILES string of the molecule is c1ccc2c(c1)oc1c(-c3ccc(-n4c5ccccc5c5ccccc54)c4c3oc3ccccc34)ccc(-n3c4ccccc4c4ccccc43)c12. The van der Waals surface area contributed by atoms with Crippen LogP contribution in [0.5, 0.6) is 0 Å². The van der Waals surface area contributed by atoms with E-state index in [1.165, 1.54) is 43.6 Å². The maximum absolute atomic E-state index is 6.88. The predicted octanol–water partition coefficient (Wildman–Crippen LogP) is 13.3. The van der Waals surface area contributed by atoms with Crippen molar-refractivity contribution in [3.05, 3.63) is 170 Å². The first-order valence-corrected chi connectivity index (χ1v) is 17.7. The van der Waals surface area contributed by atoms with E-state index in [9.17, 15) is 0 Å². The van der Waals surface area contributed by atoms with E-state index in [1.54, 1.807) is 0 Å². The molecule has 0 amide bonds. The van der Waals surface area contributed by atoms with Crippen molar-refractivity contribution in [3.8, 4) is 22.5 Å². The van der Waals surface area contributed by atoms with Crippen LogP contribution in [-0.4, -0.2) is 9.13 Å². The summed E-state index contributed by atoms with van der Waals surface area (Å²) >= 11 is 0. The number of hydrogen-bond donors (Lipinski definition) is 0. The van der Waals surface area contributed by atoms with Crippen molar-refractivity contribution in [2.45, 2.75) is 0 Å². The van der Waals surface area contributed by atoms with E-state index in [2.05, 4.69) is 167 Å². The normalized spacial score (nSPS) is 12.2. The van der Waals surface area contributed by atoms with Crippen LogP contribution in [-0.2, 0) is 0 Å². The Morgan fingerprint density at radius 3 is 0.962 bits per heavy atom. The Morgan fingerprint density at radius 2 is 0.596 bits per heavy atom. The van der Waals surface area contributed by atoms with Crippen molar-refractivity contribution in [2.24, 2.45) is 0 Å².